The Morgan fingerprint density at radius 2 is 1.88 bits per heavy atom. The van der Waals surface area contributed by atoms with Gasteiger partial charge in [0.05, 0.1) is 24.8 Å². The Kier molecular flexibility index (Phi) is 6.20. The Hall–Kier alpha value is -2.44. The van der Waals surface area contributed by atoms with Crippen molar-refractivity contribution in [2.24, 2.45) is 0 Å². The van der Waals surface area contributed by atoms with Crippen molar-refractivity contribution in [3.8, 4) is 0 Å². The zero-order valence-corrected chi connectivity index (χ0v) is 15.4. The van der Waals surface area contributed by atoms with Crippen LogP contribution in [0.2, 0.25) is 0 Å². The van der Waals surface area contributed by atoms with Crippen LogP contribution >= 0.6 is 0 Å². The maximum absolute atomic E-state index is 12.8. The van der Waals surface area contributed by atoms with Gasteiger partial charge in [-0.3, -0.25) is 14.7 Å². The topological polar surface area (TPSA) is 57.7 Å². The lowest BCUT2D eigenvalue weighted by atomic mass is 10.1. The number of benzene rings is 1. The number of carbonyl (C=O) groups is 1. The molecular formula is C20H26N4O2. The number of ether oxygens (including phenoxy) is 1. The van der Waals surface area contributed by atoms with Gasteiger partial charge in [-0.05, 0) is 29.8 Å². The van der Waals surface area contributed by atoms with Gasteiger partial charge in [0.1, 0.15) is 0 Å². The minimum atomic E-state index is -0.0541. The summed E-state index contributed by atoms with van der Waals surface area (Å²) in [5, 5.41) is 3.12. The molecule has 2 heterocycles. The van der Waals surface area contributed by atoms with Crippen LogP contribution in [0.1, 0.15) is 22.0 Å². The predicted molar refractivity (Wildman–Crippen MR) is 102 cm³/mol. The van der Waals surface area contributed by atoms with E-state index in [-0.39, 0.29) is 11.9 Å². The molecule has 3 rings (SSSR count). The van der Waals surface area contributed by atoms with E-state index in [2.05, 4.69) is 15.2 Å². The molecule has 1 aromatic heterocycles. The fourth-order valence-electron chi connectivity index (χ4n) is 3.27. The van der Waals surface area contributed by atoms with Crippen molar-refractivity contribution in [1.82, 2.24) is 15.2 Å². The van der Waals surface area contributed by atoms with Gasteiger partial charge in [0.25, 0.3) is 5.91 Å². The fraction of sp³-hybridized carbons (Fsp3) is 0.400. The van der Waals surface area contributed by atoms with Crippen molar-refractivity contribution in [1.29, 1.82) is 0 Å². The van der Waals surface area contributed by atoms with E-state index in [4.69, 9.17) is 4.74 Å². The lowest BCUT2D eigenvalue weighted by Gasteiger charge is -2.35. The standard InChI is InChI=1S/C20H26N4O2/c1-23(2)18-6-4-3-5-17(18)20(25)22-15-19(16-7-9-21-10-8-16)24-11-13-26-14-12-24/h3-10,19H,11-15H2,1-2H3,(H,22,25). The van der Waals surface area contributed by atoms with Crippen molar-refractivity contribution in [3.63, 3.8) is 0 Å². The highest BCUT2D eigenvalue weighted by molar-refractivity contribution is 5.99. The van der Waals surface area contributed by atoms with E-state index in [1.807, 2.05) is 55.4 Å². The molecule has 6 heteroatoms. The molecule has 1 aromatic carbocycles. The summed E-state index contributed by atoms with van der Waals surface area (Å²) in [6, 6.07) is 11.8. The quantitative estimate of drug-likeness (QED) is 0.859. The summed E-state index contributed by atoms with van der Waals surface area (Å²) in [7, 11) is 3.89. The molecule has 0 radical (unpaired) electrons. The van der Waals surface area contributed by atoms with Gasteiger partial charge in [0.15, 0.2) is 0 Å². The van der Waals surface area contributed by atoms with E-state index < -0.39 is 0 Å². The van der Waals surface area contributed by atoms with Crippen molar-refractivity contribution in [2.75, 3.05) is 51.8 Å². The summed E-state index contributed by atoms with van der Waals surface area (Å²) in [5.41, 5.74) is 2.76. The first-order chi connectivity index (χ1) is 12.7. The highest BCUT2D eigenvalue weighted by Crippen LogP contribution is 2.22. The number of hydrogen-bond donors (Lipinski definition) is 1. The molecular weight excluding hydrogens is 328 g/mol. The molecule has 26 heavy (non-hydrogen) atoms. The molecule has 0 spiro atoms. The van der Waals surface area contributed by atoms with Crippen molar-refractivity contribution < 1.29 is 9.53 Å². The maximum Gasteiger partial charge on any atom is 0.253 e. The minimum Gasteiger partial charge on any atom is -0.379 e. The first kappa shape index (κ1) is 18.4. The number of aromatic nitrogens is 1. The summed E-state index contributed by atoms with van der Waals surface area (Å²) in [4.78, 5) is 21.2. The number of nitrogens with zero attached hydrogens (tertiary/aromatic N) is 3. The molecule has 1 fully saturated rings. The Morgan fingerprint density at radius 1 is 1.19 bits per heavy atom. The molecule has 0 bridgehead atoms. The van der Waals surface area contributed by atoms with Gasteiger partial charge < -0.3 is 15.0 Å². The molecule has 138 valence electrons. The number of amides is 1. The van der Waals surface area contributed by atoms with Crippen LogP contribution in [0.25, 0.3) is 0 Å². The first-order valence-corrected chi connectivity index (χ1v) is 8.93. The molecule has 2 aromatic rings. The second-order valence-electron chi connectivity index (χ2n) is 6.57. The summed E-state index contributed by atoms with van der Waals surface area (Å²) >= 11 is 0. The number of nitrogens with one attached hydrogen (secondary N) is 1. The first-order valence-electron chi connectivity index (χ1n) is 8.93. The average molecular weight is 354 g/mol. The Morgan fingerprint density at radius 3 is 2.58 bits per heavy atom. The van der Waals surface area contributed by atoms with Crippen LogP contribution in [0.4, 0.5) is 5.69 Å². The Balaban J connectivity index is 1.74. The van der Waals surface area contributed by atoms with Crippen LogP contribution in [0.3, 0.4) is 0 Å². The van der Waals surface area contributed by atoms with Crippen LogP contribution in [-0.4, -0.2) is 62.7 Å². The second-order valence-corrected chi connectivity index (χ2v) is 6.57. The van der Waals surface area contributed by atoms with E-state index >= 15 is 0 Å². The number of morpholine rings is 1. The average Bonchev–Trinajstić information content (AvgIpc) is 2.69. The molecule has 1 saturated heterocycles. The maximum atomic E-state index is 12.8. The second kappa shape index (κ2) is 8.78. The highest BCUT2D eigenvalue weighted by atomic mass is 16.5. The van der Waals surface area contributed by atoms with Crippen LogP contribution < -0.4 is 10.2 Å². The van der Waals surface area contributed by atoms with Gasteiger partial charge in [0.2, 0.25) is 0 Å². The zero-order valence-electron chi connectivity index (χ0n) is 15.4. The number of rotatable bonds is 6. The van der Waals surface area contributed by atoms with Gasteiger partial charge >= 0.3 is 0 Å². The fourth-order valence-corrected chi connectivity index (χ4v) is 3.27. The smallest absolute Gasteiger partial charge is 0.253 e. The summed E-state index contributed by atoms with van der Waals surface area (Å²) < 4.78 is 5.48. The lowest BCUT2D eigenvalue weighted by molar-refractivity contribution is 0.0162. The van der Waals surface area contributed by atoms with Crippen LogP contribution in [0.15, 0.2) is 48.8 Å². The van der Waals surface area contributed by atoms with Crippen LogP contribution in [0.5, 0.6) is 0 Å². The molecule has 0 saturated carbocycles. The largest absolute Gasteiger partial charge is 0.379 e. The highest BCUT2D eigenvalue weighted by Gasteiger charge is 2.23. The third-order valence-corrected chi connectivity index (χ3v) is 4.66. The number of para-hydroxylation sites is 1. The van der Waals surface area contributed by atoms with Gasteiger partial charge in [-0.2, -0.15) is 0 Å². The molecule has 1 aliphatic heterocycles. The van der Waals surface area contributed by atoms with Gasteiger partial charge in [-0.15, -0.1) is 0 Å². The molecule has 6 nitrogen and oxygen atoms in total. The zero-order chi connectivity index (χ0) is 18.4. The van der Waals surface area contributed by atoms with E-state index in [1.165, 1.54) is 0 Å². The number of pyridine rings is 1. The van der Waals surface area contributed by atoms with E-state index in [0.717, 1.165) is 37.6 Å². The lowest BCUT2D eigenvalue weighted by Crippen LogP contribution is -2.44. The number of hydrogen-bond acceptors (Lipinski definition) is 5. The summed E-state index contributed by atoms with van der Waals surface area (Å²) in [6.45, 7) is 3.71. The van der Waals surface area contributed by atoms with Gasteiger partial charge in [0, 0.05) is 51.8 Å². The molecule has 1 atom stereocenters. The van der Waals surface area contributed by atoms with Crippen molar-refractivity contribution in [2.45, 2.75) is 6.04 Å². The number of anilines is 1. The molecule has 1 unspecified atom stereocenters. The van der Waals surface area contributed by atoms with Crippen molar-refractivity contribution in [3.05, 3.63) is 59.9 Å². The summed E-state index contributed by atoms with van der Waals surface area (Å²) in [6.07, 6.45) is 3.60. The normalized spacial score (nSPS) is 16.1. The van der Waals surface area contributed by atoms with E-state index in [0.29, 0.717) is 12.1 Å². The van der Waals surface area contributed by atoms with Crippen LogP contribution in [0, 0.1) is 0 Å². The Bertz CT molecular complexity index is 715. The molecule has 1 N–H and O–H groups in total. The SMILES string of the molecule is CN(C)c1ccccc1C(=O)NCC(c1ccncc1)N1CCOCC1. The van der Waals surface area contributed by atoms with Gasteiger partial charge in [-0.1, -0.05) is 12.1 Å². The minimum absolute atomic E-state index is 0.0541. The van der Waals surface area contributed by atoms with E-state index in [9.17, 15) is 4.79 Å². The molecule has 1 aliphatic rings. The number of carbonyl (C=O) groups excluding carboxylic acids is 1. The molecule has 1 amide bonds. The van der Waals surface area contributed by atoms with Crippen molar-refractivity contribution >= 4 is 11.6 Å². The summed E-state index contributed by atoms with van der Waals surface area (Å²) in [5.74, 6) is -0.0541. The third kappa shape index (κ3) is 4.39. The predicted octanol–water partition coefficient (Wildman–Crippen LogP) is 1.95. The third-order valence-electron chi connectivity index (χ3n) is 4.66. The Labute approximate surface area is 154 Å². The van der Waals surface area contributed by atoms with Gasteiger partial charge in [-0.25, -0.2) is 0 Å². The monoisotopic (exact) mass is 354 g/mol. The van der Waals surface area contributed by atoms with E-state index in [1.54, 1.807) is 12.4 Å². The molecule has 0 aliphatic carbocycles. The van der Waals surface area contributed by atoms with Crippen LogP contribution in [-0.2, 0) is 4.74 Å².